The summed E-state index contributed by atoms with van der Waals surface area (Å²) in [6.45, 7) is 9.25. The smallest absolute Gasteiger partial charge is 0.335 e. The molecule has 3 aromatic rings. The maximum Gasteiger partial charge on any atom is 0.335 e. The summed E-state index contributed by atoms with van der Waals surface area (Å²) < 4.78 is 41.8. The molecular formula is C37H49N3O8S. The predicted molar refractivity (Wildman–Crippen MR) is 189 cm³/mol. The van der Waals surface area contributed by atoms with Crippen LogP contribution in [0.25, 0.3) is 0 Å². The number of carbonyl (C=O) groups is 2. The number of rotatable bonds is 10. The first-order valence-corrected chi connectivity index (χ1v) is 18.2. The molecule has 1 amide bonds. The summed E-state index contributed by atoms with van der Waals surface area (Å²) in [7, 11) is -1.96. The molecule has 1 aliphatic heterocycles. The Kier molecular flexibility index (Phi) is 13.2. The topological polar surface area (TPSA) is 146 Å². The lowest BCUT2D eigenvalue weighted by Crippen LogP contribution is -2.47. The number of aliphatic hydroxyl groups is 1. The second kappa shape index (κ2) is 17.1. The van der Waals surface area contributed by atoms with E-state index in [0.717, 1.165) is 30.4 Å². The minimum atomic E-state index is -3.93. The number of amides is 1. The Morgan fingerprint density at radius 2 is 1.76 bits per heavy atom. The first kappa shape index (κ1) is 37.8. The van der Waals surface area contributed by atoms with Crippen LogP contribution >= 0.6 is 0 Å². The molecule has 3 N–H and O–H groups in total. The van der Waals surface area contributed by atoms with Crippen LogP contribution in [0.2, 0.25) is 0 Å². The SMILES string of the molecule is Cc1ccc(S(=O)(=O)Nc2ccc3c(c2)C(=O)N([C@H](C)CO)C[C@H](C)[C@@H](CN(C)Cc2ccc(C(=O)O)cc2)OCCCC[C@@H](C)O3)cc1. The molecular weight excluding hydrogens is 646 g/mol. The largest absolute Gasteiger partial charge is 0.490 e. The average molecular weight is 696 g/mol. The van der Waals surface area contributed by atoms with E-state index in [9.17, 15) is 28.2 Å². The van der Waals surface area contributed by atoms with Gasteiger partial charge in [-0.25, -0.2) is 13.2 Å². The van der Waals surface area contributed by atoms with E-state index in [2.05, 4.69) is 9.62 Å². The number of anilines is 1. The average Bonchev–Trinajstić information content (AvgIpc) is 3.06. The van der Waals surface area contributed by atoms with E-state index in [1.54, 1.807) is 60.4 Å². The second-order valence-electron chi connectivity index (χ2n) is 13.1. The lowest BCUT2D eigenvalue weighted by Gasteiger charge is -2.36. The van der Waals surface area contributed by atoms with Crippen molar-refractivity contribution in [3.8, 4) is 5.75 Å². The van der Waals surface area contributed by atoms with Crippen molar-refractivity contribution in [1.82, 2.24) is 9.80 Å². The van der Waals surface area contributed by atoms with Gasteiger partial charge in [0.25, 0.3) is 15.9 Å². The van der Waals surface area contributed by atoms with Crippen molar-refractivity contribution in [3.05, 3.63) is 89.0 Å². The van der Waals surface area contributed by atoms with E-state index in [4.69, 9.17) is 9.47 Å². The number of ether oxygens (including phenoxy) is 2. The Hall–Kier alpha value is -3.97. The lowest BCUT2D eigenvalue weighted by atomic mass is 10.0. The molecule has 0 aromatic heterocycles. The van der Waals surface area contributed by atoms with Crippen LogP contribution in [0.15, 0.2) is 71.6 Å². The van der Waals surface area contributed by atoms with Crippen molar-refractivity contribution in [1.29, 1.82) is 0 Å². The van der Waals surface area contributed by atoms with Crippen molar-refractivity contribution in [2.75, 3.05) is 38.1 Å². The zero-order valence-corrected chi connectivity index (χ0v) is 29.8. The van der Waals surface area contributed by atoms with Gasteiger partial charge in [0, 0.05) is 37.8 Å². The van der Waals surface area contributed by atoms with Gasteiger partial charge in [-0.2, -0.15) is 0 Å². The van der Waals surface area contributed by atoms with Gasteiger partial charge in [-0.05, 0) is 95.1 Å². The number of aliphatic hydroxyl groups excluding tert-OH is 1. The fraction of sp³-hybridized carbons (Fsp3) is 0.459. The van der Waals surface area contributed by atoms with Crippen molar-refractivity contribution < 1.29 is 37.7 Å². The summed E-state index contributed by atoms with van der Waals surface area (Å²) in [5.41, 5.74) is 2.54. The first-order chi connectivity index (χ1) is 23.3. The molecule has 1 heterocycles. The Morgan fingerprint density at radius 1 is 1.06 bits per heavy atom. The van der Waals surface area contributed by atoms with Gasteiger partial charge in [0.15, 0.2) is 0 Å². The Bertz CT molecular complexity index is 1660. The molecule has 3 aromatic carbocycles. The molecule has 0 unspecified atom stereocenters. The number of aryl methyl sites for hydroxylation is 1. The highest BCUT2D eigenvalue weighted by Gasteiger charge is 2.31. The van der Waals surface area contributed by atoms with Crippen LogP contribution in [0.3, 0.4) is 0 Å². The molecule has 4 atom stereocenters. The minimum Gasteiger partial charge on any atom is -0.490 e. The quantitative estimate of drug-likeness (QED) is 0.253. The molecule has 266 valence electrons. The van der Waals surface area contributed by atoms with Gasteiger partial charge in [0.1, 0.15) is 5.75 Å². The van der Waals surface area contributed by atoms with Gasteiger partial charge < -0.3 is 24.6 Å². The highest BCUT2D eigenvalue weighted by atomic mass is 32.2. The van der Waals surface area contributed by atoms with Gasteiger partial charge in [-0.3, -0.25) is 14.4 Å². The van der Waals surface area contributed by atoms with Crippen LogP contribution in [-0.4, -0.2) is 91.9 Å². The lowest BCUT2D eigenvalue weighted by molar-refractivity contribution is -0.0177. The predicted octanol–water partition coefficient (Wildman–Crippen LogP) is 5.42. The van der Waals surface area contributed by atoms with Gasteiger partial charge in [0.05, 0.1) is 40.9 Å². The normalized spacial score (nSPS) is 20.2. The Balaban J connectivity index is 1.62. The fourth-order valence-electron chi connectivity index (χ4n) is 5.82. The van der Waals surface area contributed by atoms with Crippen LogP contribution in [0, 0.1) is 12.8 Å². The highest BCUT2D eigenvalue weighted by Crippen LogP contribution is 2.29. The number of aromatic carboxylic acids is 1. The fourth-order valence-corrected chi connectivity index (χ4v) is 6.87. The molecule has 0 bridgehead atoms. The zero-order chi connectivity index (χ0) is 35.7. The number of benzene rings is 3. The summed E-state index contributed by atoms with van der Waals surface area (Å²) in [4.78, 5) is 29.5. The molecule has 0 spiro atoms. The van der Waals surface area contributed by atoms with E-state index in [-0.39, 0.29) is 53.0 Å². The number of carboxylic acid groups (broad SMARTS) is 1. The maximum absolute atomic E-state index is 14.4. The summed E-state index contributed by atoms with van der Waals surface area (Å²) in [6.07, 6.45) is 1.91. The number of sulfonamides is 1. The van der Waals surface area contributed by atoms with Crippen LogP contribution in [0.5, 0.6) is 5.75 Å². The van der Waals surface area contributed by atoms with E-state index in [0.29, 0.717) is 25.4 Å². The molecule has 4 rings (SSSR count). The van der Waals surface area contributed by atoms with Gasteiger partial charge in [-0.15, -0.1) is 0 Å². The number of carbonyl (C=O) groups excluding carboxylic acids is 1. The van der Waals surface area contributed by atoms with Crippen molar-refractivity contribution in [2.45, 2.75) is 76.6 Å². The first-order valence-electron chi connectivity index (χ1n) is 16.7. The summed E-state index contributed by atoms with van der Waals surface area (Å²) in [5.74, 6) is -1.17. The van der Waals surface area contributed by atoms with Gasteiger partial charge in [0.2, 0.25) is 0 Å². The molecule has 1 aliphatic rings. The highest BCUT2D eigenvalue weighted by molar-refractivity contribution is 7.92. The molecule has 12 heteroatoms. The van der Waals surface area contributed by atoms with Crippen molar-refractivity contribution in [2.24, 2.45) is 5.92 Å². The van der Waals surface area contributed by atoms with Crippen LogP contribution in [0.1, 0.15) is 71.9 Å². The number of hydrogen-bond acceptors (Lipinski definition) is 8. The summed E-state index contributed by atoms with van der Waals surface area (Å²) in [5, 5.41) is 19.5. The second-order valence-corrected chi connectivity index (χ2v) is 14.8. The van der Waals surface area contributed by atoms with Gasteiger partial charge >= 0.3 is 5.97 Å². The molecule has 11 nitrogen and oxygen atoms in total. The number of nitrogens with one attached hydrogen (secondary N) is 1. The van der Waals surface area contributed by atoms with Crippen LogP contribution in [-0.2, 0) is 21.3 Å². The molecule has 0 saturated carbocycles. The Morgan fingerprint density at radius 3 is 2.41 bits per heavy atom. The third-order valence-corrected chi connectivity index (χ3v) is 10.2. The van der Waals surface area contributed by atoms with Crippen LogP contribution < -0.4 is 9.46 Å². The Labute approximate surface area is 289 Å². The number of hydrogen-bond donors (Lipinski definition) is 3. The van der Waals surface area contributed by atoms with E-state index in [1.165, 1.54) is 18.2 Å². The van der Waals surface area contributed by atoms with Crippen molar-refractivity contribution in [3.63, 3.8) is 0 Å². The molecule has 0 fully saturated rings. The summed E-state index contributed by atoms with van der Waals surface area (Å²) in [6, 6.07) is 17.5. The number of likely N-dealkylation sites (N-methyl/N-ethyl adjacent to an activating group) is 1. The monoisotopic (exact) mass is 695 g/mol. The third-order valence-electron chi connectivity index (χ3n) is 8.78. The zero-order valence-electron chi connectivity index (χ0n) is 29.0. The number of fused-ring (bicyclic) bond motifs is 1. The minimum absolute atomic E-state index is 0.104. The van der Waals surface area contributed by atoms with Crippen LogP contribution in [0.4, 0.5) is 5.69 Å². The number of carboxylic acids is 1. The molecule has 0 radical (unpaired) electrons. The standard InChI is InChI=1S/C37H49N3O8S/c1-25-9-16-32(17-10-25)49(45,46)38-31-15-18-34-33(20-31)36(42)40(27(3)24-41)21-26(2)35(47-19-7-6-8-28(4)48-34)23-39(5)22-29-11-13-30(14-12-29)37(43)44/h9-18,20,26-28,35,38,41H,6-8,19,21-24H2,1-5H3,(H,43,44)/t26-,27+,28+,35+/m0/s1. The van der Waals surface area contributed by atoms with Gasteiger partial charge in [-0.1, -0.05) is 36.8 Å². The maximum atomic E-state index is 14.4. The molecule has 0 saturated heterocycles. The number of nitrogens with zero attached hydrogens (tertiary/aromatic N) is 2. The molecule has 0 aliphatic carbocycles. The molecule has 49 heavy (non-hydrogen) atoms. The van der Waals surface area contributed by atoms with Crippen molar-refractivity contribution >= 4 is 27.6 Å². The van der Waals surface area contributed by atoms with E-state index >= 15 is 0 Å². The summed E-state index contributed by atoms with van der Waals surface area (Å²) >= 11 is 0. The van der Waals surface area contributed by atoms with E-state index in [1.807, 2.05) is 27.8 Å². The van der Waals surface area contributed by atoms with E-state index < -0.39 is 27.9 Å². The third kappa shape index (κ3) is 10.5.